The van der Waals surface area contributed by atoms with Gasteiger partial charge in [0.25, 0.3) is 5.91 Å². The summed E-state index contributed by atoms with van der Waals surface area (Å²) in [6.07, 6.45) is 0.688. The number of halogens is 1. The van der Waals surface area contributed by atoms with Gasteiger partial charge in [-0.3, -0.25) is 9.59 Å². The summed E-state index contributed by atoms with van der Waals surface area (Å²) >= 11 is 0. The maximum atomic E-state index is 12.9. The van der Waals surface area contributed by atoms with Crippen LogP contribution in [0.5, 0.6) is 0 Å². The first-order chi connectivity index (χ1) is 13.6. The Morgan fingerprint density at radius 3 is 2.00 bits per heavy atom. The minimum atomic E-state index is -0.362. The number of nitrogens with one attached hydrogen (secondary N) is 2. The van der Waals surface area contributed by atoms with Crippen molar-refractivity contribution in [1.29, 1.82) is 0 Å². The molecule has 1 atom stereocenters. The van der Waals surface area contributed by atoms with Gasteiger partial charge in [0.05, 0.1) is 5.92 Å². The molecule has 28 heavy (non-hydrogen) atoms. The van der Waals surface area contributed by atoms with Gasteiger partial charge >= 0.3 is 0 Å². The minimum Gasteiger partial charge on any atom is -0.326 e. The highest BCUT2D eigenvalue weighted by atomic mass is 19.1. The normalized spacial score (nSPS) is 11.5. The third-order valence-corrected chi connectivity index (χ3v) is 4.44. The van der Waals surface area contributed by atoms with E-state index in [9.17, 15) is 14.0 Å². The first kappa shape index (κ1) is 19.3. The van der Waals surface area contributed by atoms with Crippen LogP contribution in [0.15, 0.2) is 78.9 Å². The molecule has 3 aromatic carbocycles. The Labute approximate surface area is 163 Å². The van der Waals surface area contributed by atoms with E-state index in [0.717, 1.165) is 5.56 Å². The lowest BCUT2D eigenvalue weighted by Crippen LogP contribution is -2.20. The highest BCUT2D eigenvalue weighted by Gasteiger charge is 2.18. The molecule has 0 aromatic heterocycles. The monoisotopic (exact) mass is 376 g/mol. The van der Waals surface area contributed by atoms with Crippen LogP contribution in [-0.4, -0.2) is 11.8 Å². The van der Waals surface area contributed by atoms with Crippen LogP contribution in [0.4, 0.5) is 15.8 Å². The number of amides is 2. The number of rotatable bonds is 6. The maximum Gasteiger partial charge on any atom is 0.255 e. The summed E-state index contributed by atoms with van der Waals surface area (Å²) < 4.78 is 12.9. The van der Waals surface area contributed by atoms with Gasteiger partial charge < -0.3 is 10.6 Å². The largest absolute Gasteiger partial charge is 0.326 e. The van der Waals surface area contributed by atoms with E-state index in [0.29, 0.717) is 23.4 Å². The first-order valence-electron chi connectivity index (χ1n) is 9.09. The van der Waals surface area contributed by atoms with Gasteiger partial charge in [-0.2, -0.15) is 0 Å². The highest BCUT2D eigenvalue weighted by Crippen LogP contribution is 2.22. The van der Waals surface area contributed by atoms with Crippen molar-refractivity contribution in [2.75, 3.05) is 10.6 Å². The van der Waals surface area contributed by atoms with Gasteiger partial charge in [0.15, 0.2) is 0 Å². The smallest absolute Gasteiger partial charge is 0.255 e. The van der Waals surface area contributed by atoms with Crippen LogP contribution < -0.4 is 10.6 Å². The summed E-state index contributed by atoms with van der Waals surface area (Å²) in [5.41, 5.74) is 2.55. The summed E-state index contributed by atoms with van der Waals surface area (Å²) in [5, 5.41) is 5.60. The summed E-state index contributed by atoms with van der Waals surface area (Å²) in [7, 11) is 0. The fraction of sp³-hybridized carbons (Fsp3) is 0.130. The molecule has 0 aliphatic rings. The average molecular weight is 376 g/mol. The van der Waals surface area contributed by atoms with Crippen molar-refractivity contribution < 1.29 is 14.0 Å². The van der Waals surface area contributed by atoms with Crippen LogP contribution in [0.2, 0.25) is 0 Å². The lowest BCUT2D eigenvalue weighted by atomic mass is 9.95. The first-order valence-corrected chi connectivity index (χ1v) is 9.09. The van der Waals surface area contributed by atoms with Gasteiger partial charge in [-0.25, -0.2) is 4.39 Å². The van der Waals surface area contributed by atoms with E-state index in [2.05, 4.69) is 10.6 Å². The van der Waals surface area contributed by atoms with Gasteiger partial charge in [-0.15, -0.1) is 0 Å². The molecule has 3 aromatic rings. The van der Waals surface area contributed by atoms with E-state index < -0.39 is 0 Å². The molecule has 0 aliphatic carbocycles. The molecular formula is C23H21FN2O2. The van der Waals surface area contributed by atoms with Crippen molar-refractivity contribution in [2.24, 2.45) is 0 Å². The van der Waals surface area contributed by atoms with Gasteiger partial charge in [0, 0.05) is 16.9 Å². The topological polar surface area (TPSA) is 58.2 Å². The summed E-state index contributed by atoms with van der Waals surface area (Å²) in [4.78, 5) is 24.9. The summed E-state index contributed by atoms with van der Waals surface area (Å²) in [5.74, 6) is -0.987. The molecule has 1 unspecified atom stereocenters. The van der Waals surface area contributed by atoms with Gasteiger partial charge in [-0.1, -0.05) is 37.3 Å². The number of hydrogen-bond donors (Lipinski definition) is 2. The van der Waals surface area contributed by atoms with Crippen molar-refractivity contribution in [3.8, 4) is 0 Å². The van der Waals surface area contributed by atoms with Crippen LogP contribution in [0.25, 0.3) is 0 Å². The van der Waals surface area contributed by atoms with Crippen molar-refractivity contribution in [3.63, 3.8) is 0 Å². The Kier molecular flexibility index (Phi) is 6.17. The fourth-order valence-corrected chi connectivity index (χ4v) is 2.93. The molecule has 2 N–H and O–H groups in total. The molecule has 0 aliphatic heterocycles. The SMILES string of the molecule is CCC(C(=O)Nc1ccc(C(=O)Nc2ccc(F)cc2)cc1)c1ccccc1. The van der Waals surface area contributed by atoms with Crippen LogP contribution in [0.1, 0.15) is 35.2 Å². The second kappa shape index (κ2) is 8.95. The average Bonchev–Trinajstić information content (AvgIpc) is 2.71. The molecule has 0 bridgehead atoms. The van der Waals surface area contributed by atoms with Crippen molar-refractivity contribution >= 4 is 23.2 Å². The Morgan fingerprint density at radius 2 is 1.39 bits per heavy atom. The lowest BCUT2D eigenvalue weighted by Gasteiger charge is -2.15. The molecule has 0 heterocycles. The predicted octanol–water partition coefficient (Wildman–Crippen LogP) is 5.21. The van der Waals surface area contributed by atoms with E-state index >= 15 is 0 Å². The zero-order chi connectivity index (χ0) is 19.9. The lowest BCUT2D eigenvalue weighted by molar-refractivity contribution is -0.117. The molecule has 0 saturated carbocycles. The quantitative estimate of drug-likeness (QED) is 0.620. The number of anilines is 2. The Hall–Kier alpha value is -3.47. The Morgan fingerprint density at radius 1 is 0.821 bits per heavy atom. The Bertz CT molecular complexity index is 939. The summed E-state index contributed by atoms with van der Waals surface area (Å²) in [6.45, 7) is 1.97. The molecule has 142 valence electrons. The number of benzene rings is 3. The molecule has 0 spiro atoms. The molecule has 4 nitrogen and oxygen atoms in total. The highest BCUT2D eigenvalue weighted by molar-refractivity contribution is 6.04. The number of carbonyl (C=O) groups excluding carboxylic acids is 2. The maximum absolute atomic E-state index is 12.9. The number of hydrogen-bond acceptors (Lipinski definition) is 2. The van der Waals surface area contributed by atoms with Gasteiger partial charge in [0.2, 0.25) is 5.91 Å². The second-order valence-corrected chi connectivity index (χ2v) is 6.40. The van der Waals surface area contributed by atoms with Crippen molar-refractivity contribution in [1.82, 2.24) is 0 Å². The van der Waals surface area contributed by atoms with Crippen LogP contribution >= 0.6 is 0 Å². The standard InChI is InChI=1S/C23H21FN2O2/c1-2-21(16-6-4-3-5-7-16)23(28)26-19-12-8-17(9-13-19)22(27)25-20-14-10-18(24)11-15-20/h3-15,21H,2H2,1H3,(H,25,27)(H,26,28). The van der Waals surface area contributed by atoms with Gasteiger partial charge in [0.1, 0.15) is 5.82 Å². The molecule has 5 heteroatoms. The third-order valence-electron chi connectivity index (χ3n) is 4.44. The Balaban J connectivity index is 1.64. The van der Waals surface area contributed by atoms with Crippen molar-refractivity contribution in [2.45, 2.75) is 19.3 Å². The third kappa shape index (κ3) is 4.82. The number of carbonyl (C=O) groups is 2. The zero-order valence-corrected chi connectivity index (χ0v) is 15.5. The minimum absolute atomic E-state index is 0.0859. The zero-order valence-electron chi connectivity index (χ0n) is 15.5. The fourth-order valence-electron chi connectivity index (χ4n) is 2.93. The van der Waals surface area contributed by atoms with Crippen LogP contribution in [0.3, 0.4) is 0 Å². The van der Waals surface area contributed by atoms with Gasteiger partial charge in [-0.05, 0) is 60.5 Å². The predicted molar refractivity (Wildman–Crippen MR) is 109 cm³/mol. The van der Waals surface area contributed by atoms with Crippen LogP contribution in [-0.2, 0) is 4.79 Å². The molecule has 0 radical (unpaired) electrons. The van der Waals surface area contributed by atoms with Crippen molar-refractivity contribution in [3.05, 3.63) is 95.8 Å². The summed E-state index contributed by atoms with van der Waals surface area (Å²) in [6, 6.07) is 21.8. The van der Waals surface area contributed by atoms with E-state index in [4.69, 9.17) is 0 Å². The van der Waals surface area contributed by atoms with Crippen LogP contribution in [0, 0.1) is 5.82 Å². The second-order valence-electron chi connectivity index (χ2n) is 6.40. The van der Waals surface area contributed by atoms with E-state index in [1.807, 2.05) is 37.3 Å². The molecule has 3 rings (SSSR count). The van der Waals surface area contributed by atoms with E-state index in [-0.39, 0.29) is 23.5 Å². The molecule has 0 fully saturated rings. The van der Waals surface area contributed by atoms with E-state index in [1.165, 1.54) is 24.3 Å². The van der Waals surface area contributed by atoms with E-state index in [1.54, 1.807) is 24.3 Å². The molecule has 0 saturated heterocycles. The molecular weight excluding hydrogens is 355 g/mol. The molecule has 2 amide bonds.